The van der Waals surface area contributed by atoms with Crippen LogP contribution in [0.3, 0.4) is 0 Å². The Morgan fingerprint density at radius 1 is 1.39 bits per heavy atom. The molecule has 2 aliphatic rings. The molecule has 0 amide bonds. The summed E-state index contributed by atoms with van der Waals surface area (Å²) in [5.74, 6) is 0.921. The van der Waals surface area contributed by atoms with Crippen molar-refractivity contribution in [3.8, 4) is 5.75 Å². The van der Waals surface area contributed by atoms with Gasteiger partial charge in [-0.2, -0.15) is 0 Å². The Labute approximate surface area is 107 Å². The molecule has 0 N–H and O–H groups in total. The maximum Gasteiger partial charge on any atom is 0.172 e. The van der Waals surface area contributed by atoms with Gasteiger partial charge in [-0.3, -0.25) is 4.79 Å². The van der Waals surface area contributed by atoms with Crippen molar-refractivity contribution in [1.29, 1.82) is 0 Å². The maximum absolute atomic E-state index is 12.6. The van der Waals surface area contributed by atoms with Crippen molar-refractivity contribution in [2.24, 2.45) is 5.92 Å². The van der Waals surface area contributed by atoms with Crippen molar-refractivity contribution in [2.45, 2.75) is 38.4 Å². The first-order valence-electron chi connectivity index (χ1n) is 6.71. The van der Waals surface area contributed by atoms with Crippen molar-refractivity contribution in [3.05, 3.63) is 29.8 Å². The van der Waals surface area contributed by atoms with Crippen molar-refractivity contribution in [1.82, 2.24) is 0 Å². The normalized spacial score (nSPS) is 29.5. The van der Waals surface area contributed by atoms with Crippen molar-refractivity contribution in [2.75, 3.05) is 6.61 Å². The van der Waals surface area contributed by atoms with Crippen molar-refractivity contribution >= 4 is 5.78 Å². The molecule has 0 radical (unpaired) electrons. The average Bonchev–Trinajstić information content (AvgIpc) is 3.01. The third-order valence-corrected chi connectivity index (χ3v) is 3.90. The summed E-state index contributed by atoms with van der Waals surface area (Å²) in [6.07, 6.45) is 3.46. The molecule has 0 spiro atoms. The Balaban J connectivity index is 1.84. The number of ketones is 1. The predicted octanol–water partition coefficient (Wildman–Crippen LogP) is 2.84. The molecular formula is C15H18O3. The van der Waals surface area contributed by atoms with Crippen LogP contribution in [0.4, 0.5) is 0 Å². The molecule has 3 heteroatoms. The van der Waals surface area contributed by atoms with E-state index >= 15 is 0 Å². The lowest BCUT2D eigenvalue weighted by Crippen LogP contribution is -2.25. The number of carbonyl (C=O) groups is 1. The molecule has 3 nitrogen and oxygen atoms in total. The topological polar surface area (TPSA) is 35.5 Å². The van der Waals surface area contributed by atoms with Crippen LogP contribution in [0, 0.1) is 5.92 Å². The van der Waals surface area contributed by atoms with E-state index in [4.69, 9.17) is 9.47 Å². The Morgan fingerprint density at radius 2 is 2.22 bits per heavy atom. The molecule has 2 aliphatic heterocycles. The van der Waals surface area contributed by atoms with Gasteiger partial charge in [-0.1, -0.05) is 12.1 Å². The summed E-state index contributed by atoms with van der Waals surface area (Å²) in [6, 6.07) is 7.52. The summed E-state index contributed by atoms with van der Waals surface area (Å²) in [7, 11) is 0. The molecule has 18 heavy (non-hydrogen) atoms. The number of benzene rings is 1. The molecule has 0 aromatic heterocycles. The zero-order valence-corrected chi connectivity index (χ0v) is 10.6. The smallest absolute Gasteiger partial charge is 0.172 e. The molecule has 96 valence electrons. The van der Waals surface area contributed by atoms with Gasteiger partial charge in [0.25, 0.3) is 0 Å². The van der Waals surface area contributed by atoms with E-state index in [0.29, 0.717) is 24.0 Å². The van der Waals surface area contributed by atoms with E-state index < -0.39 is 0 Å². The summed E-state index contributed by atoms with van der Waals surface area (Å²) in [6.45, 7) is 2.51. The number of ether oxygens (including phenoxy) is 2. The van der Waals surface area contributed by atoms with Gasteiger partial charge in [-0.15, -0.1) is 0 Å². The van der Waals surface area contributed by atoms with Gasteiger partial charge >= 0.3 is 0 Å². The zero-order chi connectivity index (χ0) is 12.5. The second-order valence-corrected chi connectivity index (χ2v) is 5.01. The van der Waals surface area contributed by atoms with E-state index in [9.17, 15) is 4.79 Å². The fourth-order valence-corrected chi connectivity index (χ4v) is 3.07. The highest BCUT2D eigenvalue weighted by Crippen LogP contribution is 2.41. The summed E-state index contributed by atoms with van der Waals surface area (Å²) < 4.78 is 11.3. The van der Waals surface area contributed by atoms with Gasteiger partial charge in [0, 0.05) is 0 Å². The lowest BCUT2D eigenvalue weighted by atomic mass is 9.83. The number of fused-ring (bicyclic) bond motifs is 2. The van der Waals surface area contributed by atoms with E-state index in [1.165, 1.54) is 0 Å². The van der Waals surface area contributed by atoms with Gasteiger partial charge in [0.15, 0.2) is 5.78 Å². The van der Waals surface area contributed by atoms with Crippen LogP contribution in [0.1, 0.15) is 36.5 Å². The van der Waals surface area contributed by atoms with Crippen molar-refractivity contribution in [3.63, 3.8) is 0 Å². The standard InChI is InChI=1S/C15H18O3/c1-2-17-13-6-4-3-5-11(13)15(16)12-9-10-7-8-14(12)18-10/h3-6,10,12,14H,2,7-9H2,1H3. The van der Waals surface area contributed by atoms with Crippen LogP contribution in [0.15, 0.2) is 24.3 Å². The first-order valence-corrected chi connectivity index (χ1v) is 6.71. The molecule has 1 aromatic rings. The second-order valence-electron chi connectivity index (χ2n) is 5.01. The number of hydrogen-bond donors (Lipinski definition) is 0. The monoisotopic (exact) mass is 246 g/mol. The van der Waals surface area contributed by atoms with Crippen LogP contribution >= 0.6 is 0 Å². The Hall–Kier alpha value is -1.35. The van der Waals surface area contributed by atoms with E-state index in [0.717, 1.165) is 19.3 Å². The number of hydrogen-bond acceptors (Lipinski definition) is 3. The molecule has 1 aromatic carbocycles. The lowest BCUT2D eigenvalue weighted by Gasteiger charge is -2.18. The van der Waals surface area contributed by atoms with E-state index in [1.807, 2.05) is 31.2 Å². The zero-order valence-electron chi connectivity index (χ0n) is 10.6. The summed E-state index contributed by atoms with van der Waals surface area (Å²) in [5, 5.41) is 0. The summed E-state index contributed by atoms with van der Waals surface area (Å²) in [5.41, 5.74) is 0.709. The van der Waals surface area contributed by atoms with Gasteiger partial charge in [-0.25, -0.2) is 0 Å². The average molecular weight is 246 g/mol. The van der Waals surface area contributed by atoms with Crippen LogP contribution in [0.5, 0.6) is 5.75 Å². The van der Waals surface area contributed by atoms with Crippen LogP contribution < -0.4 is 4.74 Å². The minimum Gasteiger partial charge on any atom is -0.493 e. The number of carbonyl (C=O) groups excluding carboxylic acids is 1. The Bertz CT molecular complexity index is 455. The molecular weight excluding hydrogens is 228 g/mol. The van der Waals surface area contributed by atoms with Gasteiger partial charge < -0.3 is 9.47 Å². The largest absolute Gasteiger partial charge is 0.493 e. The van der Waals surface area contributed by atoms with Gasteiger partial charge in [-0.05, 0) is 38.3 Å². The first-order chi connectivity index (χ1) is 8.79. The maximum atomic E-state index is 12.6. The third-order valence-electron chi connectivity index (χ3n) is 3.90. The van der Waals surface area contributed by atoms with Gasteiger partial charge in [0.1, 0.15) is 5.75 Å². The second kappa shape index (κ2) is 4.73. The molecule has 3 unspecified atom stereocenters. The molecule has 2 bridgehead atoms. The Kier molecular flexibility index (Phi) is 3.08. The van der Waals surface area contributed by atoms with Crippen LogP contribution in [0.2, 0.25) is 0 Å². The first kappa shape index (κ1) is 11.7. The molecule has 0 aliphatic carbocycles. The van der Waals surface area contributed by atoms with Crippen LogP contribution in [-0.2, 0) is 4.74 Å². The fraction of sp³-hybridized carbons (Fsp3) is 0.533. The molecule has 2 heterocycles. The van der Waals surface area contributed by atoms with E-state index in [-0.39, 0.29) is 17.8 Å². The quantitative estimate of drug-likeness (QED) is 0.766. The highest BCUT2D eigenvalue weighted by molar-refractivity contribution is 6.00. The highest BCUT2D eigenvalue weighted by Gasteiger charge is 2.44. The molecule has 0 saturated carbocycles. The summed E-state index contributed by atoms with van der Waals surface area (Å²) >= 11 is 0. The molecule has 2 fully saturated rings. The van der Waals surface area contributed by atoms with Crippen molar-refractivity contribution < 1.29 is 14.3 Å². The number of para-hydroxylation sites is 1. The van der Waals surface area contributed by atoms with Gasteiger partial charge in [0.05, 0.1) is 30.3 Å². The SMILES string of the molecule is CCOc1ccccc1C(=O)C1CC2CCC1O2. The Morgan fingerprint density at radius 3 is 2.89 bits per heavy atom. The highest BCUT2D eigenvalue weighted by atomic mass is 16.5. The number of Topliss-reactive ketones (excluding diaryl/α,β-unsaturated/α-hetero) is 1. The van der Waals surface area contributed by atoms with E-state index in [1.54, 1.807) is 0 Å². The molecule has 2 saturated heterocycles. The van der Waals surface area contributed by atoms with Crippen LogP contribution in [0.25, 0.3) is 0 Å². The fourth-order valence-electron chi connectivity index (χ4n) is 3.07. The molecule has 3 rings (SSSR count). The third kappa shape index (κ3) is 1.93. The minimum absolute atomic E-state index is 0.0327. The number of rotatable bonds is 4. The predicted molar refractivity (Wildman–Crippen MR) is 67.9 cm³/mol. The van der Waals surface area contributed by atoms with E-state index in [2.05, 4.69) is 0 Å². The van der Waals surface area contributed by atoms with Crippen LogP contribution in [-0.4, -0.2) is 24.6 Å². The van der Waals surface area contributed by atoms with Gasteiger partial charge in [0.2, 0.25) is 0 Å². The molecule has 3 atom stereocenters. The summed E-state index contributed by atoms with van der Waals surface area (Å²) in [4.78, 5) is 12.6. The minimum atomic E-state index is 0.0327. The lowest BCUT2D eigenvalue weighted by molar-refractivity contribution is 0.0741.